The van der Waals surface area contributed by atoms with Crippen LogP contribution in [0.1, 0.15) is 20.9 Å². The van der Waals surface area contributed by atoms with Gasteiger partial charge in [-0.15, -0.1) is 0 Å². The molecule has 22 heavy (non-hydrogen) atoms. The van der Waals surface area contributed by atoms with Crippen LogP contribution in [0.15, 0.2) is 45.7 Å². The Morgan fingerprint density at radius 2 is 1.95 bits per heavy atom. The first-order valence-corrected chi connectivity index (χ1v) is 6.88. The molecule has 0 saturated carbocycles. The van der Waals surface area contributed by atoms with Gasteiger partial charge in [0.15, 0.2) is 10.4 Å². The number of aromatic nitrogens is 1. The van der Waals surface area contributed by atoms with Gasteiger partial charge in [0.1, 0.15) is 0 Å². The van der Waals surface area contributed by atoms with Gasteiger partial charge in [-0.3, -0.25) is 30.2 Å². The summed E-state index contributed by atoms with van der Waals surface area (Å²) in [6.45, 7) is -0.315. The Balaban J connectivity index is 1.74. The summed E-state index contributed by atoms with van der Waals surface area (Å²) < 4.78 is 5.44. The van der Waals surface area contributed by atoms with Crippen molar-refractivity contribution in [3.63, 3.8) is 0 Å². The summed E-state index contributed by atoms with van der Waals surface area (Å²) in [7, 11) is 0. The van der Waals surface area contributed by atoms with Crippen molar-refractivity contribution >= 4 is 33.7 Å². The number of hydrogen-bond donors (Lipinski definition) is 3. The largest absolute Gasteiger partial charge is 0.444 e. The van der Waals surface area contributed by atoms with Gasteiger partial charge in [0.25, 0.3) is 17.7 Å². The van der Waals surface area contributed by atoms with E-state index >= 15 is 0 Å². The molecule has 0 aliphatic rings. The number of halogens is 1. The standard InChI is InChI=1S/C13H11BrN4O4/c14-10-4-3-9(22-10)13(21)16-7-11(19)17-18-12(20)8-2-1-5-15-6-8/h1-6H,7H2,(H,16,21)(H,17,19)(H,18,20). The third kappa shape index (κ3) is 4.42. The summed E-state index contributed by atoms with van der Waals surface area (Å²) in [5.74, 6) is -1.57. The van der Waals surface area contributed by atoms with Crippen LogP contribution in [0.2, 0.25) is 0 Å². The number of amides is 3. The van der Waals surface area contributed by atoms with Gasteiger partial charge in [-0.25, -0.2) is 0 Å². The van der Waals surface area contributed by atoms with Crippen LogP contribution in [-0.2, 0) is 4.79 Å². The minimum Gasteiger partial charge on any atom is -0.444 e. The molecule has 2 aromatic heterocycles. The molecule has 0 unspecified atom stereocenters. The Morgan fingerprint density at radius 1 is 1.14 bits per heavy atom. The number of furan rings is 1. The second kappa shape index (κ2) is 7.36. The topological polar surface area (TPSA) is 113 Å². The molecule has 8 nitrogen and oxygen atoms in total. The van der Waals surface area contributed by atoms with Crippen LogP contribution in [-0.4, -0.2) is 29.3 Å². The lowest BCUT2D eigenvalue weighted by atomic mass is 10.3. The molecule has 2 rings (SSSR count). The Morgan fingerprint density at radius 3 is 2.59 bits per heavy atom. The number of hydrazine groups is 1. The van der Waals surface area contributed by atoms with Gasteiger partial charge >= 0.3 is 0 Å². The number of hydrogen-bond acceptors (Lipinski definition) is 5. The highest BCUT2D eigenvalue weighted by Gasteiger charge is 2.12. The number of pyridine rings is 1. The van der Waals surface area contributed by atoms with Gasteiger partial charge in [-0.2, -0.15) is 0 Å². The van der Waals surface area contributed by atoms with Crippen molar-refractivity contribution in [2.45, 2.75) is 0 Å². The predicted molar refractivity (Wildman–Crippen MR) is 78.6 cm³/mol. The lowest BCUT2D eigenvalue weighted by molar-refractivity contribution is -0.120. The van der Waals surface area contributed by atoms with E-state index < -0.39 is 17.7 Å². The van der Waals surface area contributed by atoms with Crippen molar-refractivity contribution in [3.05, 3.63) is 52.7 Å². The fourth-order valence-electron chi connectivity index (χ4n) is 1.42. The summed E-state index contributed by atoms with van der Waals surface area (Å²) in [5, 5.41) is 2.35. The van der Waals surface area contributed by atoms with Crippen molar-refractivity contribution in [1.29, 1.82) is 0 Å². The van der Waals surface area contributed by atoms with E-state index in [4.69, 9.17) is 4.42 Å². The average Bonchev–Trinajstić information content (AvgIpc) is 2.97. The fraction of sp³-hybridized carbons (Fsp3) is 0.0769. The number of rotatable bonds is 4. The molecular weight excluding hydrogens is 356 g/mol. The maximum Gasteiger partial charge on any atom is 0.287 e. The molecule has 0 aliphatic heterocycles. The highest BCUT2D eigenvalue weighted by atomic mass is 79.9. The molecule has 0 aromatic carbocycles. The highest BCUT2D eigenvalue weighted by molar-refractivity contribution is 9.10. The Hall–Kier alpha value is -2.68. The van der Waals surface area contributed by atoms with E-state index in [9.17, 15) is 14.4 Å². The number of nitrogens with one attached hydrogen (secondary N) is 3. The summed E-state index contributed by atoms with van der Waals surface area (Å²) in [6.07, 6.45) is 2.88. The summed E-state index contributed by atoms with van der Waals surface area (Å²) in [6, 6.07) is 6.16. The normalized spacial score (nSPS) is 9.86. The first-order valence-electron chi connectivity index (χ1n) is 6.09. The van der Waals surface area contributed by atoms with Gasteiger partial charge in [0.05, 0.1) is 12.1 Å². The molecule has 9 heteroatoms. The Bertz CT molecular complexity index is 686. The van der Waals surface area contributed by atoms with Gasteiger partial charge in [0, 0.05) is 12.4 Å². The average molecular weight is 367 g/mol. The molecule has 3 N–H and O–H groups in total. The monoisotopic (exact) mass is 366 g/mol. The molecule has 0 fully saturated rings. The molecule has 3 amide bonds. The van der Waals surface area contributed by atoms with Gasteiger partial charge < -0.3 is 9.73 Å². The molecule has 0 bridgehead atoms. The van der Waals surface area contributed by atoms with E-state index in [1.807, 2.05) is 0 Å². The van der Waals surface area contributed by atoms with E-state index in [2.05, 4.69) is 37.1 Å². The number of nitrogens with zero attached hydrogens (tertiary/aromatic N) is 1. The molecular formula is C13H11BrN4O4. The molecule has 2 aromatic rings. The number of carbonyl (C=O) groups is 3. The van der Waals surface area contributed by atoms with Gasteiger partial charge in [-0.1, -0.05) is 0 Å². The van der Waals surface area contributed by atoms with Crippen LogP contribution >= 0.6 is 15.9 Å². The zero-order valence-electron chi connectivity index (χ0n) is 11.1. The lowest BCUT2D eigenvalue weighted by Gasteiger charge is -2.07. The molecule has 114 valence electrons. The second-order valence-corrected chi connectivity index (χ2v) is 4.81. The van der Waals surface area contributed by atoms with Crippen LogP contribution < -0.4 is 16.2 Å². The van der Waals surface area contributed by atoms with Crippen LogP contribution in [0, 0.1) is 0 Å². The van der Waals surface area contributed by atoms with Crippen molar-refractivity contribution < 1.29 is 18.8 Å². The minimum absolute atomic E-state index is 0.0686. The fourth-order valence-corrected chi connectivity index (χ4v) is 1.73. The van der Waals surface area contributed by atoms with E-state index in [0.29, 0.717) is 10.2 Å². The van der Waals surface area contributed by atoms with Crippen LogP contribution in [0.5, 0.6) is 0 Å². The summed E-state index contributed by atoms with van der Waals surface area (Å²) >= 11 is 3.06. The maximum absolute atomic E-state index is 11.6. The molecule has 2 heterocycles. The van der Waals surface area contributed by atoms with Gasteiger partial charge in [-0.05, 0) is 40.2 Å². The molecule has 0 aliphatic carbocycles. The van der Waals surface area contributed by atoms with Crippen LogP contribution in [0.3, 0.4) is 0 Å². The van der Waals surface area contributed by atoms with Crippen LogP contribution in [0.25, 0.3) is 0 Å². The van der Waals surface area contributed by atoms with Crippen molar-refractivity contribution in [1.82, 2.24) is 21.2 Å². The molecule has 0 spiro atoms. The van der Waals surface area contributed by atoms with E-state index in [1.165, 1.54) is 18.5 Å². The lowest BCUT2D eigenvalue weighted by Crippen LogP contribution is -2.46. The third-order valence-corrected chi connectivity index (χ3v) is 2.87. The van der Waals surface area contributed by atoms with E-state index in [0.717, 1.165) is 0 Å². The van der Waals surface area contributed by atoms with E-state index in [-0.39, 0.29) is 12.3 Å². The Labute approximate surface area is 133 Å². The Kier molecular flexibility index (Phi) is 5.26. The maximum atomic E-state index is 11.6. The smallest absolute Gasteiger partial charge is 0.287 e. The zero-order chi connectivity index (χ0) is 15.9. The highest BCUT2D eigenvalue weighted by Crippen LogP contribution is 2.13. The second-order valence-electron chi connectivity index (χ2n) is 4.03. The molecule has 0 radical (unpaired) electrons. The zero-order valence-corrected chi connectivity index (χ0v) is 12.7. The minimum atomic E-state index is -0.587. The number of carbonyl (C=O) groups excluding carboxylic acids is 3. The third-order valence-electron chi connectivity index (χ3n) is 2.45. The summed E-state index contributed by atoms with van der Waals surface area (Å²) in [5.41, 5.74) is 4.68. The van der Waals surface area contributed by atoms with Crippen LogP contribution in [0.4, 0.5) is 0 Å². The van der Waals surface area contributed by atoms with Crippen molar-refractivity contribution in [3.8, 4) is 0 Å². The SMILES string of the molecule is O=C(CNC(=O)c1ccc(Br)o1)NNC(=O)c1cccnc1. The first kappa shape index (κ1) is 15.7. The predicted octanol–water partition coefficient (Wildman–Crippen LogP) is 0.628. The first-order chi connectivity index (χ1) is 10.6. The molecule has 0 saturated heterocycles. The summed E-state index contributed by atoms with van der Waals surface area (Å²) in [4.78, 5) is 38.6. The van der Waals surface area contributed by atoms with E-state index in [1.54, 1.807) is 18.2 Å². The van der Waals surface area contributed by atoms with Crippen molar-refractivity contribution in [2.75, 3.05) is 6.54 Å². The van der Waals surface area contributed by atoms with Gasteiger partial charge in [0.2, 0.25) is 0 Å². The quantitative estimate of drug-likeness (QED) is 0.686. The van der Waals surface area contributed by atoms with Crippen molar-refractivity contribution in [2.24, 2.45) is 0 Å². The molecule has 0 atom stereocenters.